The van der Waals surface area contributed by atoms with Crippen LogP contribution >= 0.6 is 11.6 Å². The van der Waals surface area contributed by atoms with E-state index in [1.54, 1.807) is 18.2 Å². The van der Waals surface area contributed by atoms with Crippen LogP contribution in [0.25, 0.3) is 10.8 Å². The van der Waals surface area contributed by atoms with Crippen LogP contribution in [0.5, 0.6) is 5.75 Å². The Morgan fingerprint density at radius 3 is 2.62 bits per heavy atom. The topological polar surface area (TPSA) is 64.6 Å². The number of nitrogens with one attached hydrogen (secondary N) is 1. The number of rotatable bonds is 7. The number of fused-ring (bicyclic) bond motifs is 1. The van der Waals surface area contributed by atoms with E-state index >= 15 is 0 Å². The molecule has 1 N–H and O–H groups in total. The summed E-state index contributed by atoms with van der Waals surface area (Å²) < 4.78 is 10.3. The Bertz CT molecular complexity index is 1030. The van der Waals surface area contributed by atoms with Gasteiger partial charge in [-0.3, -0.25) is 9.59 Å². The van der Waals surface area contributed by atoms with E-state index in [2.05, 4.69) is 5.32 Å². The van der Waals surface area contributed by atoms with Gasteiger partial charge in [-0.1, -0.05) is 54.1 Å². The largest absolute Gasteiger partial charge is 0.496 e. The molecule has 0 fully saturated rings. The maximum absolute atomic E-state index is 12.3. The average molecular weight is 412 g/mol. The molecule has 0 saturated heterocycles. The first kappa shape index (κ1) is 20.7. The molecule has 6 heteroatoms. The van der Waals surface area contributed by atoms with E-state index in [0.717, 1.165) is 16.3 Å². The zero-order valence-electron chi connectivity index (χ0n) is 16.3. The van der Waals surface area contributed by atoms with Gasteiger partial charge in [0.2, 0.25) is 0 Å². The maximum Gasteiger partial charge on any atom is 0.310 e. The van der Waals surface area contributed by atoms with Gasteiger partial charge in [0.25, 0.3) is 5.91 Å². The van der Waals surface area contributed by atoms with Crippen LogP contribution in [0.2, 0.25) is 5.02 Å². The van der Waals surface area contributed by atoms with Crippen molar-refractivity contribution in [3.8, 4) is 5.75 Å². The standard InChI is InChI=1S/C23H22ClNO4/c1-15(19-9-5-7-16-6-3-4-8-20(16)19)25-22(26)14-29-23(27)13-17-12-18(24)10-11-21(17)28-2/h3-12,15H,13-14H2,1-2H3,(H,25,26)/t15-/m1/s1. The van der Waals surface area contributed by atoms with Gasteiger partial charge < -0.3 is 14.8 Å². The molecule has 3 aromatic carbocycles. The second kappa shape index (κ2) is 9.43. The molecule has 1 amide bonds. The lowest BCUT2D eigenvalue weighted by Gasteiger charge is -2.17. The van der Waals surface area contributed by atoms with Crippen molar-refractivity contribution in [3.63, 3.8) is 0 Å². The van der Waals surface area contributed by atoms with Crippen molar-refractivity contribution in [1.82, 2.24) is 5.32 Å². The third-order valence-corrected chi connectivity index (χ3v) is 4.84. The number of hydrogen-bond donors (Lipinski definition) is 1. The summed E-state index contributed by atoms with van der Waals surface area (Å²) in [5, 5.41) is 5.55. The van der Waals surface area contributed by atoms with Gasteiger partial charge in [-0.25, -0.2) is 0 Å². The van der Waals surface area contributed by atoms with Crippen LogP contribution in [0.3, 0.4) is 0 Å². The molecule has 1 atom stereocenters. The van der Waals surface area contributed by atoms with Crippen molar-refractivity contribution in [3.05, 3.63) is 76.8 Å². The fourth-order valence-electron chi connectivity index (χ4n) is 3.23. The van der Waals surface area contributed by atoms with E-state index in [9.17, 15) is 9.59 Å². The third kappa shape index (κ3) is 5.27. The molecule has 0 aliphatic rings. The normalized spacial score (nSPS) is 11.7. The van der Waals surface area contributed by atoms with E-state index in [4.69, 9.17) is 21.1 Å². The van der Waals surface area contributed by atoms with Crippen LogP contribution in [-0.2, 0) is 20.7 Å². The van der Waals surface area contributed by atoms with Crippen LogP contribution in [0.15, 0.2) is 60.7 Å². The fraction of sp³-hybridized carbons (Fsp3) is 0.217. The molecule has 0 spiro atoms. The first-order chi connectivity index (χ1) is 14.0. The lowest BCUT2D eigenvalue weighted by molar-refractivity contribution is -0.148. The molecule has 0 aliphatic heterocycles. The summed E-state index contributed by atoms with van der Waals surface area (Å²) in [6, 6.07) is 18.7. The van der Waals surface area contributed by atoms with E-state index in [1.807, 2.05) is 49.4 Å². The summed E-state index contributed by atoms with van der Waals surface area (Å²) >= 11 is 5.97. The zero-order valence-corrected chi connectivity index (χ0v) is 17.0. The molecular weight excluding hydrogens is 390 g/mol. The van der Waals surface area contributed by atoms with Crippen molar-refractivity contribution < 1.29 is 19.1 Å². The number of carbonyl (C=O) groups excluding carboxylic acids is 2. The molecule has 3 aromatic rings. The SMILES string of the molecule is COc1ccc(Cl)cc1CC(=O)OCC(=O)N[C@H](C)c1cccc2ccccc12. The van der Waals surface area contributed by atoms with Gasteiger partial charge >= 0.3 is 5.97 Å². The van der Waals surface area contributed by atoms with Crippen molar-refractivity contribution >= 4 is 34.2 Å². The monoisotopic (exact) mass is 411 g/mol. The van der Waals surface area contributed by atoms with Gasteiger partial charge in [0.1, 0.15) is 5.75 Å². The Morgan fingerprint density at radius 1 is 1.07 bits per heavy atom. The molecule has 0 aromatic heterocycles. The minimum absolute atomic E-state index is 0.0319. The number of ether oxygens (including phenoxy) is 2. The second-order valence-corrected chi connectivity index (χ2v) is 7.09. The molecular formula is C23H22ClNO4. The Balaban J connectivity index is 1.57. The molecule has 0 aliphatic carbocycles. The first-order valence-corrected chi connectivity index (χ1v) is 9.61. The number of amides is 1. The number of hydrogen-bond acceptors (Lipinski definition) is 4. The van der Waals surface area contributed by atoms with Gasteiger partial charge in [0.15, 0.2) is 6.61 Å². The number of esters is 1. The van der Waals surface area contributed by atoms with Crippen LogP contribution in [0.4, 0.5) is 0 Å². The highest BCUT2D eigenvalue weighted by Crippen LogP contribution is 2.24. The zero-order chi connectivity index (χ0) is 20.8. The highest BCUT2D eigenvalue weighted by molar-refractivity contribution is 6.30. The minimum atomic E-state index is -0.529. The smallest absolute Gasteiger partial charge is 0.310 e. The van der Waals surface area contributed by atoms with Crippen LogP contribution in [0, 0.1) is 0 Å². The Hall–Kier alpha value is -3.05. The Kier molecular flexibility index (Phi) is 6.73. The predicted molar refractivity (Wildman–Crippen MR) is 113 cm³/mol. The molecule has 29 heavy (non-hydrogen) atoms. The summed E-state index contributed by atoms with van der Waals surface area (Å²) in [4.78, 5) is 24.4. The lowest BCUT2D eigenvalue weighted by atomic mass is 10.00. The summed E-state index contributed by atoms with van der Waals surface area (Å²) in [7, 11) is 1.51. The van der Waals surface area contributed by atoms with Gasteiger partial charge in [0.05, 0.1) is 19.6 Å². The van der Waals surface area contributed by atoms with Crippen molar-refractivity contribution in [2.45, 2.75) is 19.4 Å². The number of methoxy groups -OCH3 is 1. The Labute approximate surface area is 174 Å². The van der Waals surface area contributed by atoms with Crippen molar-refractivity contribution in [2.24, 2.45) is 0 Å². The predicted octanol–water partition coefficient (Wildman–Crippen LogP) is 4.46. The van der Waals surface area contributed by atoms with E-state index in [-0.39, 0.29) is 25.0 Å². The van der Waals surface area contributed by atoms with Crippen LogP contribution < -0.4 is 10.1 Å². The summed E-state index contributed by atoms with van der Waals surface area (Å²) in [6.07, 6.45) is -0.0319. The molecule has 0 bridgehead atoms. The van der Waals surface area contributed by atoms with E-state index in [0.29, 0.717) is 16.3 Å². The fourth-order valence-corrected chi connectivity index (χ4v) is 3.42. The number of carbonyl (C=O) groups is 2. The highest BCUT2D eigenvalue weighted by Gasteiger charge is 2.15. The lowest BCUT2D eigenvalue weighted by Crippen LogP contribution is -2.31. The summed E-state index contributed by atoms with van der Waals surface area (Å²) in [5.41, 5.74) is 1.61. The molecule has 5 nitrogen and oxygen atoms in total. The van der Waals surface area contributed by atoms with Crippen molar-refractivity contribution in [1.29, 1.82) is 0 Å². The van der Waals surface area contributed by atoms with Crippen LogP contribution in [0.1, 0.15) is 24.1 Å². The van der Waals surface area contributed by atoms with E-state index < -0.39 is 5.97 Å². The molecule has 150 valence electrons. The second-order valence-electron chi connectivity index (χ2n) is 6.65. The van der Waals surface area contributed by atoms with Gasteiger partial charge in [-0.15, -0.1) is 0 Å². The van der Waals surface area contributed by atoms with Crippen molar-refractivity contribution in [2.75, 3.05) is 13.7 Å². The highest BCUT2D eigenvalue weighted by atomic mass is 35.5. The molecule has 0 unspecified atom stereocenters. The summed E-state index contributed by atoms with van der Waals surface area (Å²) in [5.74, 6) is -0.351. The molecule has 0 saturated carbocycles. The van der Waals surface area contributed by atoms with Gasteiger partial charge in [-0.2, -0.15) is 0 Å². The number of benzene rings is 3. The minimum Gasteiger partial charge on any atom is -0.496 e. The third-order valence-electron chi connectivity index (χ3n) is 4.61. The molecule has 0 heterocycles. The average Bonchev–Trinajstić information content (AvgIpc) is 2.72. The molecule has 3 rings (SSSR count). The van der Waals surface area contributed by atoms with Gasteiger partial charge in [-0.05, 0) is 41.5 Å². The van der Waals surface area contributed by atoms with E-state index in [1.165, 1.54) is 7.11 Å². The quantitative estimate of drug-likeness (QED) is 0.583. The Morgan fingerprint density at radius 2 is 1.83 bits per heavy atom. The first-order valence-electron chi connectivity index (χ1n) is 9.23. The summed E-state index contributed by atoms with van der Waals surface area (Å²) in [6.45, 7) is 1.55. The molecule has 0 radical (unpaired) electrons. The number of halogens is 1. The van der Waals surface area contributed by atoms with Gasteiger partial charge in [0, 0.05) is 10.6 Å². The maximum atomic E-state index is 12.3. The van der Waals surface area contributed by atoms with Crippen LogP contribution in [-0.4, -0.2) is 25.6 Å².